The Morgan fingerprint density at radius 1 is 1.10 bits per heavy atom. The summed E-state index contributed by atoms with van der Waals surface area (Å²) in [4.78, 5) is 24.6. The maximum absolute atomic E-state index is 12.9. The van der Waals surface area contributed by atoms with Gasteiger partial charge < -0.3 is 24.8 Å². The standard InChI is InChI=1S/C30H42N6O4S/c1-3-35-17-5-7-24(21-35)32-29(37)22-10-12-23(13-11-22)33-30-31-16-14-28(34-30)36-18-15-25-26(36)8-4-9-27(25)40-19-6-20-41(2,38)39/h4,8-9,14-16,18,22-24H,3,5-7,10-13,17,19-21H2,1-2H3,(H,32,37)(H,31,33,34)/t22?,23?,24-/m0/s1. The number of carbonyl (C=O) groups is 1. The highest BCUT2D eigenvalue weighted by Crippen LogP contribution is 2.30. The van der Waals surface area contributed by atoms with Gasteiger partial charge in [-0.3, -0.25) is 4.79 Å². The fourth-order valence-corrected chi connectivity index (χ4v) is 6.63. The Morgan fingerprint density at radius 3 is 2.71 bits per heavy atom. The summed E-state index contributed by atoms with van der Waals surface area (Å²) < 4.78 is 30.7. The smallest absolute Gasteiger partial charge is 0.224 e. The number of piperidine rings is 1. The van der Waals surface area contributed by atoms with E-state index in [4.69, 9.17) is 9.72 Å². The Kier molecular flexibility index (Phi) is 9.44. The third kappa shape index (κ3) is 7.77. The van der Waals surface area contributed by atoms with Crippen LogP contribution in [0.25, 0.3) is 16.7 Å². The number of benzene rings is 1. The molecule has 0 unspecified atom stereocenters. The van der Waals surface area contributed by atoms with Crippen LogP contribution in [0.3, 0.4) is 0 Å². The number of anilines is 1. The van der Waals surface area contributed by atoms with Gasteiger partial charge in [-0.1, -0.05) is 13.0 Å². The summed E-state index contributed by atoms with van der Waals surface area (Å²) in [6.45, 7) is 5.65. The molecule has 1 amide bonds. The van der Waals surface area contributed by atoms with Crippen molar-refractivity contribution in [1.82, 2.24) is 24.8 Å². The SMILES string of the molecule is CCN1CCC[C@H](NC(=O)C2CCC(Nc3nccc(-n4ccc5c(OCCCS(C)(=O)=O)cccc54)n3)CC2)C1. The van der Waals surface area contributed by atoms with Crippen molar-refractivity contribution in [2.24, 2.45) is 5.92 Å². The Labute approximate surface area is 242 Å². The number of ether oxygens (including phenoxy) is 1. The third-order valence-electron chi connectivity index (χ3n) is 8.23. The molecule has 11 heteroatoms. The van der Waals surface area contributed by atoms with Gasteiger partial charge in [0, 0.05) is 48.6 Å². The van der Waals surface area contributed by atoms with Crippen LogP contribution in [0.4, 0.5) is 5.95 Å². The molecule has 3 heterocycles. The van der Waals surface area contributed by atoms with Crippen molar-refractivity contribution in [3.63, 3.8) is 0 Å². The Bertz CT molecular complexity index is 1430. The van der Waals surface area contributed by atoms with E-state index in [0.29, 0.717) is 24.7 Å². The fourth-order valence-electron chi connectivity index (χ4n) is 5.98. The highest BCUT2D eigenvalue weighted by Gasteiger charge is 2.29. The van der Waals surface area contributed by atoms with Gasteiger partial charge in [-0.2, -0.15) is 4.98 Å². The summed E-state index contributed by atoms with van der Waals surface area (Å²) in [6, 6.07) is 10.2. The second kappa shape index (κ2) is 13.2. The first kappa shape index (κ1) is 29.3. The van der Waals surface area contributed by atoms with Crippen LogP contribution < -0.4 is 15.4 Å². The second-order valence-electron chi connectivity index (χ2n) is 11.4. The van der Waals surface area contributed by atoms with Crippen LogP contribution in [0.1, 0.15) is 51.9 Å². The van der Waals surface area contributed by atoms with Gasteiger partial charge in [0.1, 0.15) is 21.4 Å². The van der Waals surface area contributed by atoms with E-state index in [1.54, 1.807) is 6.20 Å². The Hall–Kier alpha value is -3.18. The lowest BCUT2D eigenvalue weighted by molar-refractivity contribution is -0.127. The van der Waals surface area contributed by atoms with E-state index in [1.807, 2.05) is 41.1 Å². The minimum absolute atomic E-state index is 0.0753. The molecule has 1 saturated heterocycles. The lowest BCUT2D eigenvalue weighted by Crippen LogP contribution is -2.49. The van der Waals surface area contributed by atoms with Gasteiger partial charge in [-0.15, -0.1) is 0 Å². The monoisotopic (exact) mass is 582 g/mol. The lowest BCUT2D eigenvalue weighted by atomic mass is 9.85. The maximum Gasteiger partial charge on any atom is 0.224 e. The van der Waals surface area contributed by atoms with Crippen LogP contribution in [0.2, 0.25) is 0 Å². The largest absolute Gasteiger partial charge is 0.493 e. The summed E-state index contributed by atoms with van der Waals surface area (Å²) in [5.41, 5.74) is 0.946. The summed E-state index contributed by atoms with van der Waals surface area (Å²) in [7, 11) is -3.01. The van der Waals surface area contributed by atoms with Crippen molar-refractivity contribution < 1.29 is 17.9 Å². The highest BCUT2D eigenvalue weighted by atomic mass is 32.2. The molecule has 2 fully saturated rings. The molecular weight excluding hydrogens is 540 g/mol. The van der Waals surface area contributed by atoms with E-state index < -0.39 is 9.84 Å². The number of fused-ring (bicyclic) bond motifs is 1. The van der Waals surface area contributed by atoms with Gasteiger partial charge in [0.25, 0.3) is 0 Å². The number of nitrogens with one attached hydrogen (secondary N) is 2. The zero-order valence-corrected chi connectivity index (χ0v) is 24.9. The van der Waals surface area contributed by atoms with Crippen LogP contribution >= 0.6 is 0 Å². The van der Waals surface area contributed by atoms with Crippen molar-refractivity contribution in [3.05, 3.63) is 42.7 Å². The van der Waals surface area contributed by atoms with Gasteiger partial charge in [0.05, 0.1) is 17.9 Å². The van der Waals surface area contributed by atoms with E-state index in [9.17, 15) is 13.2 Å². The van der Waals surface area contributed by atoms with Crippen LogP contribution in [0, 0.1) is 5.92 Å². The second-order valence-corrected chi connectivity index (χ2v) is 13.6. The molecule has 1 aliphatic carbocycles. The average Bonchev–Trinajstić information content (AvgIpc) is 3.40. The molecule has 2 aromatic heterocycles. The van der Waals surface area contributed by atoms with E-state index >= 15 is 0 Å². The molecule has 2 aliphatic rings. The quantitative estimate of drug-likeness (QED) is 0.328. The molecule has 1 aromatic carbocycles. The summed E-state index contributed by atoms with van der Waals surface area (Å²) in [5, 5.41) is 7.75. The number of rotatable bonds is 11. The molecule has 222 valence electrons. The number of hydrogen-bond acceptors (Lipinski definition) is 8. The van der Waals surface area contributed by atoms with Gasteiger partial charge in [-0.05, 0) is 82.3 Å². The van der Waals surface area contributed by atoms with Gasteiger partial charge >= 0.3 is 0 Å². The molecule has 1 atom stereocenters. The maximum atomic E-state index is 12.9. The molecule has 5 rings (SSSR count). The zero-order valence-electron chi connectivity index (χ0n) is 24.1. The number of likely N-dealkylation sites (N-methyl/N-ethyl adjacent to an activating group) is 1. The number of nitrogens with zero attached hydrogens (tertiary/aromatic N) is 4. The minimum atomic E-state index is -3.01. The summed E-state index contributed by atoms with van der Waals surface area (Å²) >= 11 is 0. The molecule has 3 aromatic rings. The Morgan fingerprint density at radius 2 is 1.93 bits per heavy atom. The molecular formula is C30H42N6O4S. The number of amides is 1. The van der Waals surface area contributed by atoms with Crippen molar-refractivity contribution in [1.29, 1.82) is 0 Å². The number of sulfone groups is 1. The fraction of sp³-hybridized carbons (Fsp3) is 0.567. The van der Waals surface area contributed by atoms with Crippen LogP contribution in [-0.4, -0.2) is 84.1 Å². The first-order chi connectivity index (χ1) is 19.8. The van der Waals surface area contributed by atoms with Crippen LogP contribution in [0.5, 0.6) is 5.75 Å². The Balaban J connectivity index is 1.16. The van der Waals surface area contributed by atoms with Crippen molar-refractivity contribution in [2.75, 3.05) is 43.6 Å². The lowest BCUT2D eigenvalue weighted by Gasteiger charge is -2.34. The first-order valence-corrected chi connectivity index (χ1v) is 16.9. The molecule has 0 radical (unpaired) electrons. The first-order valence-electron chi connectivity index (χ1n) is 14.8. The van der Waals surface area contributed by atoms with E-state index in [1.165, 1.54) is 6.26 Å². The van der Waals surface area contributed by atoms with Crippen LogP contribution in [-0.2, 0) is 14.6 Å². The van der Waals surface area contributed by atoms with E-state index in [2.05, 4.69) is 27.4 Å². The molecule has 1 saturated carbocycles. The van der Waals surface area contributed by atoms with Gasteiger partial charge in [0.2, 0.25) is 11.9 Å². The number of carbonyl (C=O) groups excluding carboxylic acids is 1. The third-order valence-corrected chi connectivity index (χ3v) is 9.26. The van der Waals surface area contributed by atoms with E-state index in [0.717, 1.165) is 74.9 Å². The predicted molar refractivity (Wildman–Crippen MR) is 161 cm³/mol. The average molecular weight is 583 g/mol. The topological polar surface area (TPSA) is 118 Å². The molecule has 0 spiro atoms. The number of likely N-dealkylation sites (tertiary alicyclic amines) is 1. The van der Waals surface area contributed by atoms with Crippen molar-refractivity contribution in [3.8, 4) is 11.6 Å². The normalized spacial score (nSPS) is 22.0. The summed E-state index contributed by atoms with van der Waals surface area (Å²) in [5.74, 6) is 2.43. The predicted octanol–water partition coefficient (Wildman–Crippen LogP) is 3.81. The van der Waals surface area contributed by atoms with Crippen LogP contribution in [0.15, 0.2) is 42.7 Å². The minimum Gasteiger partial charge on any atom is -0.493 e. The van der Waals surface area contributed by atoms with Gasteiger partial charge in [0.15, 0.2) is 0 Å². The highest BCUT2D eigenvalue weighted by molar-refractivity contribution is 7.90. The molecule has 10 nitrogen and oxygen atoms in total. The zero-order chi connectivity index (χ0) is 28.8. The van der Waals surface area contributed by atoms with Crippen molar-refractivity contribution >= 4 is 32.6 Å². The summed E-state index contributed by atoms with van der Waals surface area (Å²) in [6.07, 6.45) is 11.2. The van der Waals surface area contributed by atoms with Crippen molar-refractivity contribution in [2.45, 2.75) is 64.0 Å². The number of hydrogen-bond donors (Lipinski definition) is 2. The van der Waals surface area contributed by atoms with E-state index in [-0.39, 0.29) is 29.7 Å². The molecule has 41 heavy (non-hydrogen) atoms. The molecule has 0 bridgehead atoms. The van der Waals surface area contributed by atoms with Gasteiger partial charge in [-0.25, -0.2) is 13.4 Å². The molecule has 1 aliphatic heterocycles. The number of aromatic nitrogens is 3. The molecule has 2 N–H and O–H groups in total.